The lowest BCUT2D eigenvalue weighted by molar-refractivity contribution is -0.142. The largest absolute Gasteiger partial charge is 0.482 e. The first-order chi connectivity index (χ1) is 13.5. The second-order valence-electron chi connectivity index (χ2n) is 6.94. The molecule has 28 heavy (non-hydrogen) atoms. The van der Waals surface area contributed by atoms with Crippen molar-refractivity contribution in [1.29, 1.82) is 0 Å². The van der Waals surface area contributed by atoms with E-state index < -0.39 is 5.97 Å². The van der Waals surface area contributed by atoms with Crippen molar-refractivity contribution in [1.82, 2.24) is 5.32 Å². The van der Waals surface area contributed by atoms with Crippen LogP contribution in [-0.4, -0.2) is 25.7 Å². The van der Waals surface area contributed by atoms with Gasteiger partial charge < -0.3 is 20.1 Å². The molecule has 0 fully saturated rings. The average Bonchev–Trinajstić information content (AvgIpc) is 2.72. The summed E-state index contributed by atoms with van der Waals surface area (Å²) in [6.45, 7) is 1.83. The number of anilines is 1. The number of carbonyl (C=O) groups excluding carboxylic acids is 2. The standard InChI is InChI=1S/C22H26N2O4/c1-15(17-8-7-16-5-3-4-6-18(16)13-17)23-22(26)24-19-9-11-20(12-10-19)28-14-21(25)27-2/h7-13,15H,3-6,14H2,1-2H3,(H2,23,24,26)/t15-/m0/s1. The molecule has 0 aromatic heterocycles. The van der Waals surface area contributed by atoms with E-state index in [1.54, 1.807) is 24.3 Å². The quantitative estimate of drug-likeness (QED) is 0.741. The zero-order valence-corrected chi connectivity index (χ0v) is 16.3. The van der Waals surface area contributed by atoms with Gasteiger partial charge in [0.25, 0.3) is 0 Å². The summed E-state index contributed by atoms with van der Waals surface area (Å²) in [6.07, 6.45) is 4.76. The van der Waals surface area contributed by atoms with Gasteiger partial charge in [0.05, 0.1) is 13.2 Å². The number of aryl methyl sites for hydroxylation is 2. The zero-order valence-electron chi connectivity index (χ0n) is 16.3. The third kappa shape index (κ3) is 5.25. The Bertz CT molecular complexity index is 833. The molecule has 0 unspecified atom stereocenters. The summed E-state index contributed by atoms with van der Waals surface area (Å²) in [6, 6.07) is 13.0. The molecular formula is C22H26N2O4. The molecule has 0 bridgehead atoms. The Kier molecular flexibility index (Phi) is 6.53. The highest BCUT2D eigenvalue weighted by Gasteiger charge is 2.14. The van der Waals surface area contributed by atoms with Crippen LogP contribution in [0.1, 0.15) is 42.5 Å². The minimum atomic E-state index is -0.447. The molecule has 3 rings (SSSR count). The molecule has 0 heterocycles. The van der Waals surface area contributed by atoms with Crippen molar-refractivity contribution < 1.29 is 19.1 Å². The van der Waals surface area contributed by atoms with E-state index in [1.807, 2.05) is 6.92 Å². The highest BCUT2D eigenvalue weighted by atomic mass is 16.6. The van der Waals surface area contributed by atoms with Crippen LogP contribution in [-0.2, 0) is 22.4 Å². The van der Waals surface area contributed by atoms with Crippen LogP contribution in [0.3, 0.4) is 0 Å². The average molecular weight is 382 g/mol. The van der Waals surface area contributed by atoms with Crippen molar-refractivity contribution in [3.8, 4) is 5.75 Å². The minimum absolute atomic E-state index is 0.0881. The summed E-state index contributed by atoms with van der Waals surface area (Å²) < 4.78 is 9.81. The number of carbonyl (C=O) groups is 2. The first-order valence-corrected chi connectivity index (χ1v) is 9.54. The maximum Gasteiger partial charge on any atom is 0.343 e. The zero-order chi connectivity index (χ0) is 19.9. The molecule has 0 saturated carbocycles. The normalized spacial score (nSPS) is 13.8. The summed E-state index contributed by atoms with van der Waals surface area (Å²) in [7, 11) is 1.31. The molecule has 1 atom stereocenters. The van der Waals surface area contributed by atoms with Crippen LogP contribution >= 0.6 is 0 Å². The fraction of sp³-hybridized carbons (Fsp3) is 0.364. The van der Waals surface area contributed by atoms with Gasteiger partial charge in [0.1, 0.15) is 5.75 Å². The van der Waals surface area contributed by atoms with Crippen LogP contribution in [0.4, 0.5) is 10.5 Å². The van der Waals surface area contributed by atoms with Crippen LogP contribution in [0.5, 0.6) is 5.75 Å². The highest BCUT2D eigenvalue weighted by Crippen LogP contribution is 2.25. The van der Waals surface area contributed by atoms with E-state index in [9.17, 15) is 9.59 Å². The molecule has 148 valence electrons. The van der Waals surface area contributed by atoms with E-state index in [2.05, 4.69) is 33.6 Å². The van der Waals surface area contributed by atoms with Gasteiger partial charge in [-0.05, 0) is 73.6 Å². The number of methoxy groups -OCH3 is 1. The molecule has 2 aromatic carbocycles. The molecule has 2 aromatic rings. The lowest BCUT2D eigenvalue weighted by Crippen LogP contribution is -2.31. The molecule has 2 N–H and O–H groups in total. The molecular weight excluding hydrogens is 356 g/mol. The lowest BCUT2D eigenvalue weighted by Gasteiger charge is -2.20. The van der Waals surface area contributed by atoms with Crippen molar-refractivity contribution in [2.24, 2.45) is 0 Å². The number of urea groups is 1. The van der Waals surface area contributed by atoms with E-state index in [0.717, 1.165) is 18.4 Å². The van der Waals surface area contributed by atoms with E-state index in [-0.39, 0.29) is 18.7 Å². The molecule has 0 radical (unpaired) electrons. The van der Waals surface area contributed by atoms with E-state index >= 15 is 0 Å². The predicted molar refractivity (Wildman–Crippen MR) is 108 cm³/mol. The lowest BCUT2D eigenvalue weighted by atomic mass is 9.89. The number of amides is 2. The monoisotopic (exact) mass is 382 g/mol. The number of esters is 1. The SMILES string of the molecule is COC(=O)COc1ccc(NC(=O)N[C@@H](C)c2ccc3c(c2)CCCC3)cc1. The van der Waals surface area contributed by atoms with Crippen molar-refractivity contribution >= 4 is 17.7 Å². The smallest absolute Gasteiger partial charge is 0.343 e. The predicted octanol–water partition coefficient (Wildman–Crippen LogP) is 4.00. The number of fused-ring (bicyclic) bond motifs is 1. The van der Waals surface area contributed by atoms with Gasteiger partial charge in [-0.2, -0.15) is 0 Å². The number of rotatable bonds is 6. The van der Waals surface area contributed by atoms with Crippen LogP contribution in [0, 0.1) is 0 Å². The van der Waals surface area contributed by atoms with Crippen molar-refractivity contribution in [2.75, 3.05) is 19.0 Å². The summed E-state index contributed by atoms with van der Waals surface area (Å²) in [5, 5.41) is 5.78. The Morgan fingerprint density at radius 3 is 2.46 bits per heavy atom. The third-order valence-corrected chi connectivity index (χ3v) is 4.92. The van der Waals surface area contributed by atoms with Crippen LogP contribution in [0.15, 0.2) is 42.5 Å². The van der Waals surface area contributed by atoms with Gasteiger partial charge in [-0.25, -0.2) is 9.59 Å². The maximum atomic E-state index is 12.3. The van der Waals surface area contributed by atoms with Crippen molar-refractivity contribution in [3.63, 3.8) is 0 Å². The van der Waals surface area contributed by atoms with E-state index in [0.29, 0.717) is 11.4 Å². The molecule has 1 aliphatic rings. The van der Waals surface area contributed by atoms with E-state index in [4.69, 9.17) is 4.74 Å². The number of benzene rings is 2. The molecule has 2 amide bonds. The van der Waals surface area contributed by atoms with Gasteiger partial charge in [0.15, 0.2) is 6.61 Å². The number of nitrogens with one attached hydrogen (secondary N) is 2. The Balaban J connectivity index is 1.52. The number of ether oxygens (including phenoxy) is 2. The summed E-state index contributed by atoms with van der Waals surface area (Å²) in [5.41, 5.74) is 4.59. The van der Waals surface area contributed by atoms with Crippen LogP contribution in [0.2, 0.25) is 0 Å². The number of hydrogen-bond acceptors (Lipinski definition) is 4. The Labute approximate surface area is 165 Å². The molecule has 6 heteroatoms. The second kappa shape index (κ2) is 9.26. The second-order valence-corrected chi connectivity index (χ2v) is 6.94. The first-order valence-electron chi connectivity index (χ1n) is 9.54. The Morgan fingerprint density at radius 2 is 1.75 bits per heavy atom. The van der Waals surface area contributed by atoms with Gasteiger partial charge >= 0.3 is 12.0 Å². The van der Waals surface area contributed by atoms with Gasteiger partial charge in [0.2, 0.25) is 0 Å². The topological polar surface area (TPSA) is 76.7 Å². The summed E-state index contributed by atoms with van der Waals surface area (Å²) in [4.78, 5) is 23.4. The first kappa shape index (κ1) is 19.7. The molecule has 6 nitrogen and oxygen atoms in total. The maximum absolute atomic E-state index is 12.3. The van der Waals surface area contributed by atoms with Gasteiger partial charge in [0, 0.05) is 5.69 Å². The van der Waals surface area contributed by atoms with Crippen molar-refractivity contribution in [2.45, 2.75) is 38.6 Å². The highest BCUT2D eigenvalue weighted by molar-refractivity contribution is 5.89. The van der Waals surface area contributed by atoms with Crippen LogP contribution in [0.25, 0.3) is 0 Å². The van der Waals surface area contributed by atoms with Gasteiger partial charge in [-0.3, -0.25) is 0 Å². The molecule has 0 spiro atoms. The molecule has 0 aliphatic heterocycles. The molecule has 0 saturated heterocycles. The fourth-order valence-electron chi connectivity index (χ4n) is 3.31. The minimum Gasteiger partial charge on any atom is -0.482 e. The Hall–Kier alpha value is -3.02. The number of hydrogen-bond donors (Lipinski definition) is 2. The summed E-state index contributed by atoms with van der Waals surface area (Å²) in [5.74, 6) is 0.0801. The molecule has 1 aliphatic carbocycles. The van der Waals surface area contributed by atoms with Gasteiger partial charge in [-0.1, -0.05) is 18.2 Å². The van der Waals surface area contributed by atoms with Gasteiger partial charge in [-0.15, -0.1) is 0 Å². The van der Waals surface area contributed by atoms with Crippen LogP contribution < -0.4 is 15.4 Å². The summed E-state index contributed by atoms with van der Waals surface area (Å²) >= 11 is 0. The van der Waals surface area contributed by atoms with Crippen molar-refractivity contribution in [3.05, 3.63) is 59.2 Å². The third-order valence-electron chi connectivity index (χ3n) is 4.92. The Morgan fingerprint density at radius 1 is 1.04 bits per heavy atom. The van der Waals surface area contributed by atoms with E-state index in [1.165, 1.54) is 31.1 Å². The fourth-order valence-corrected chi connectivity index (χ4v) is 3.31.